The summed E-state index contributed by atoms with van der Waals surface area (Å²) in [7, 11) is -2.12. The molecule has 0 fully saturated rings. The Labute approximate surface area is 87.2 Å². The van der Waals surface area contributed by atoms with E-state index in [-0.39, 0.29) is 0 Å². The molecule has 0 aliphatic heterocycles. The minimum atomic E-state index is -3.49. The molecule has 0 N–H and O–H groups in total. The first-order valence-electron chi connectivity index (χ1n) is 3.75. The van der Waals surface area contributed by atoms with Gasteiger partial charge in [-0.15, -0.1) is 11.6 Å². The first kappa shape index (κ1) is 11.3. The van der Waals surface area contributed by atoms with Crippen LogP contribution in [0.5, 0.6) is 0 Å². The summed E-state index contributed by atoms with van der Waals surface area (Å²) in [6.45, 7) is 0. The van der Waals surface area contributed by atoms with E-state index in [1.165, 1.54) is 31.3 Å². The summed E-state index contributed by atoms with van der Waals surface area (Å²) in [6.07, 6.45) is 0. The van der Waals surface area contributed by atoms with E-state index in [4.69, 9.17) is 11.6 Å². The molecule has 0 atom stereocenters. The molecule has 0 aromatic heterocycles. The van der Waals surface area contributed by atoms with E-state index in [0.29, 0.717) is 5.69 Å². The maximum atomic E-state index is 12.5. The van der Waals surface area contributed by atoms with Crippen molar-refractivity contribution in [1.29, 1.82) is 0 Å². The number of benzene rings is 1. The molecule has 1 aromatic carbocycles. The zero-order valence-corrected chi connectivity index (χ0v) is 9.02. The van der Waals surface area contributed by atoms with E-state index in [1.807, 2.05) is 0 Å². The lowest BCUT2D eigenvalue weighted by Crippen LogP contribution is -2.27. The van der Waals surface area contributed by atoms with Crippen LogP contribution in [0.2, 0.25) is 0 Å². The molecule has 0 saturated carbocycles. The number of hydrogen-bond donors (Lipinski definition) is 0. The monoisotopic (exact) mass is 237 g/mol. The molecule has 0 bridgehead atoms. The Hall–Kier alpha value is -0.810. The van der Waals surface area contributed by atoms with Gasteiger partial charge >= 0.3 is 0 Å². The second-order valence-electron chi connectivity index (χ2n) is 2.66. The van der Waals surface area contributed by atoms with Crippen molar-refractivity contribution in [3.05, 3.63) is 30.1 Å². The van der Waals surface area contributed by atoms with Crippen LogP contribution < -0.4 is 4.31 Å². The second kappa shape index (κ2) is 4.14. The Kier molecular flexibility index (Phi) is 3.34. The normalized spacial score (nSPS) is 11.4. The topological polar surface area (TPSA) is 37.4 Å². The van der Waals surface area contributed by atoms with Crippen molar-refractivity contribution in [2.75, 3.05) is 16.6 Å². The molecule has 0 aliphatic rings. The van der Waals surface area contributed by atoms with Gasteiger partial charge in [0.2, 0.25) is 10.0 Å². The minimum absolute atomic E-state index is 0.382. The molecule has 0 radical (unpaired) electrons. The average molecular weight is 238 g/mol. The quantitative estimate of drug-likeness (QED) is 0.752. The Bertz CT molecular complexity index is 404. The van der Waals surface area contributed by atoms with Gasteiger partial charge in [-0.3, -0.25) is 4.31 Å². The van der Waals surface area contributed by atoms with Crippen molar-refractivity contribution < 1.29 is 12.8 Å². The summed E-state index contributed by atoms with van der Waals surface area (Å²) in [4.78, 5) is 0. The largest absolute Gasteiger partial charge is 0.272 e. The molecule has 0 spiro atoms. The van der Waals surface area contributed by atoms with Crippen LogP contribution in [-0.2, 0) is 10.0 Å². The SMILES string of the molecule is CN(c1ccc(F)cc1)S(=O)(=O)CCl. The lowest BCUT2D eigenvalue weighted by Gasteiger charge is -2.17. The van der Waals surface area contributed by atoms with Gasteiger partial charge in [0.1, 0.15) is 11.0 Å². The van der Waals surface area contributed by atoms with Gasteiger partial charge in [0, 0.05) is 7.05 Å². The van der Waals surface area contributed by atoms with Crippen molar-refractivity contribution in [2.24, 2.45) is 0 Å². The third-order valence-electron chi connectivity index (χ3n) is 1.75. The van der Waals surface area contributed by atoms with Crippen LogP contribution in [0.3, 0.4) is 0 Å². The summed E-state index contributed by atoms with van der Waals surface area (Å²) < 4.78 is 36.1. The molecule has 0 unspecified atom stereocenters. The summed E-state index contributed by atoms with van der Waals surface area (Å²) in [5, 5.41) is -0.499. The van der Waals surface area contributed by atoms with E-state index in [0.717, 1.165) is 4.31 Å². The lowest BCUT2D eigenvalue weighted by molar-refractivity contribution is 0.598. The van der Waals surface area contributed by atoms with Crippen LogP contribution in [-0.4, -0.2) is 20.7 Å². The van der Waals surface area contributed by atoms with E-state index >= 15 is 0 Å². The maximum Gasteiger partial charge on any atom is 0.248 e. The zero-order valence-electron chi connectivity index (χ0n) is 7.44. The Morgan fingerprint density at radius 2 is 1.86 bits per heavy atom. The number of halogens is 2. The number of nitrogens with zero attached hydrogens (tertiary/aromatic N) is 1. The summed E-state index contributed by atoms with van der Waals surface area (Å²) >= 11 is 5.27. The van der Waals surface area contributed by atoms with E-state index in [1.54, 1.807) is 0 Å². The number of alkyl halides is 1. The van der Waals surface area contributed by atoms with Gasteiger partial charge < -0.3 is 0 Å². The van der Waals surface area contributed by atoms with Gasteiger partial charge in [0.15, 0.2) is 0 Å². The van der Waals surface area contributed by atoms with E-state index in [2.05, 4.69) is 0 Å². The number of rotatable bonds is 3. The number of hydrogen-bond acceptors (Lipinski definition) is 2. The fourth-order valence-corrected chi connectivity index (χ4v) is 1.91. The highest BCUT2D eigenvalue weighted by atomic mass is 35.5. The lowest BCUT2D eigenvalue weighted by atomic mass is 10.3. The molecule has 0 amide bonds. The highest BCUT2D eigenvalue weighted by Gasteiger charge is 2.16. The third-order valence-corrected chi connectivity index (χ3v) is 3.89. The predicted octanol–water partition coefficient (Wildman–Crippen LogP) is 1.79. The van der Waals surface area contributed by atoms with Crippen LogP contribution in [0.4, 0.5) is 10.1 Å². The zero-order chi connectivity index (χ0) is 10.8. The third kappa shape index (κ3) is 2.36. The number of sulfonamides is 1. The van der Waals surface area contributed by atoms with Gasteiger partial charge in [0.05, 0.1) is 5.69 Å². The van der Waals surface area contributed by atoms with Crippen molar-refractivity contribution in [2.45, 2.75) is 0 Å². The van der Waals surface area contributed by atoms with Crippen LogP contribution in [0.1, 0.15) is 0 Å². The summed E-state index contributed by atoms with van der Waals surface area (Å²) in [6, 6.07) is 5.13. The van der Waals surface area contributed by atoms with Gasteiger partial charge in [-0.2, -0.15) is 0 Å². The van der Waals surface area contributed by atoms with Gasteiger partial charge in [-0.05, 0) is 24.3 Å². The highest BCUT2D eigenvalue weighted by molar-refractivity contribution is 7.93. The maximum absolute atomic E-state index is 12.5. The average Bonchev–Trinajstić information content (AvgIpc) is 2.18. The second-order valence-corrected chi connectivity index (χ2v) is 5.25. The fraction of sp³-hybridized carbons (Fsp3) is 0.250. The van der Waals surface area contributed by atoms with Crippen LogP contribution in [0.25, 0.3) is 0 Å². The molecule has 6 heteroatoms. The highest BCUT2D eigenvalue weighted by Crippen LogP contribution is 2.17. The molecule has 0 aliphatic carbocycles. The predicted molar refractivity (Wildman–Crippen MR) is 54.4 cm³/mol. The van der Waals surface area contributed by atoms with Crippen molar-refractivity contribution in [3.63, 3.8) is 0 Å². The van der Waals surface area contributed by atoms with Crippen LogP contribution >= 0.6 is 11.6 Å². The van der Waals surface area contributed by atoms with Crippen LogP contribution in [0.15, 0.2) is 24.3 Å². The fourth-order valence-electron chi connectivity index (χ4n) is 0.885. The Morgan fingerprint density at radius 1 is 1.36 bits per heavy atom. The molecular weight excluding hydrogens is 229 g/mol. The van der Waals surface area contributed by atoms with Gasteiger partial charge in [-0.1, -0.05) is 0 Å². The molecule has 1 rings (SSSR count). The van der Waals surface area contributed by atoms with Gasteiger partial charge in [0.25, 0.3) is 0 Å². The standard InChI is InChI=1S/C8H9ClFNO2S/c1-11(14(12,13)6-9)8-4-2-7(10)3-5-8/h2-5H,6H2,1H3. The first-order chi connectivity index (χ1) is 6.47. The first-order valence-corrected chi connectivity index (χ1v) is 5.90. The van der Waals surface area contributed by atoms with E-state index < -0.39 is 21.1 Å². The molecule has 78 valence electrons. The Balaban J connectivity index is 3.01. The molecule has 0 heterocycles. The molecule has 3 nitrogen and oxygen atoms in total. The van der Waals surface area contributed by atoms with Crippen molar-refractivity contribution in [3.8, 4) is 0 Å². The van der Waals surface area contributed by atoms with E-state index in [9.17, 15) is 12.8 Å². The summed E-state index contributed by atoms with van der Waals surface area (Å²) in [5.74, 6) is -0.412. The minimum Gasteiger partial charge on any atom is -0.272 e. The molecule has 0 saturated heterocycles. The summed E-state index contributed by atoms with van der Waals surface area (Å²) in [5.41, 5.74) is 0.382. The van der Waals surface area contributed by atoms with Crippen LogP contribution in [0, 0.1) is 5.82 Å². The van der Waals surface area contributed by atoms with Crippen molar-refractivity contribution >= 4 is 27.3 Å². The van der Waals surface area contributed by atoms with Gasteiger partial charge in [-0.25, -0.2) is 12.8 Å². The number of anilines is 1. The molecule has 14 heavy (non-hydrogen) atoms. The van der Waals surface area contributed by atoms with Crippen molar-refractivity contribution in [1.82, 2.24) is 0 Å². The smallest absolute Gasteiger partial charge is 0.248 e. The molecular formula is C8H9ClFNO2S. The molecule has 1 aromatic rings. The Morgan fingerprint density at radius 3 is 2.29 bits per heavy atom.